The van der Waals surface area contributed by atoms with Crippen LogP contribution in [0.25, 0.3) is 17.3 Å². The molecule has 0 aliphatic rings. The van der Waals surface area contributed by atoms with Crippen LogP contribution in [0.3, 0.4) is 0 Å². The van der Waals surface area contributed by atoms with Gasteiger partial charge in [-0.15, -0.1) is 5.10 Å². The van der Waals surface area contributed by atoms with Crippen LogP contribution in [0, 0.1) is 12.7 Å². The van der Waals surface area contributed by atoms with Gasteiger partial charge < -0.3 is 4.52 Å². The minimum atomic E-state index is -0.295. The SMILES string of the molecule is CCc1noc(-c2nnn(-c3ccc(F)cc3)c2C)n1. The maximum atomic E-state index is 12.9. The van der Waals surface area contributed by atoms with Crippen molar-refractivity contribution in [2.45, 2.75) is 20.3 Å². The van der Waals surface area contributed by atoms with Gasteiger partial charge in [-0.3, -0.25) is 0 Å². The molecule has 0 amide bonds. The molecule has 0 bridgehead atoms. The highest BCUT2D eigenvalue weighted by Gasteiger charge is 2.17. The third kappa shape index (κ3) is 2.07. The lowest BCUT2D eigenvalue weighted by Crippen LogP contribution is -1.99. The van der Waals surface area contributed by atoms with E-state index in [1.165, 1.54) is 12.1 Å². The van der Waals surface area contributed by atoms with Gasteiger partial charge >= 0.3 is 0 Å². The molecular formula is C13H12FN5O. The third-order valence-electron chi connectivity index (χ3n) is 2.95. The van der Waals surface area contributed by atoms with Crippen molar-refractivity contribution in [1.82, 2.24) is 25.1 Å². The smallest absolute Gasteiger partial charge is 0.280 e. The predicted octanol–water partition coefficient (Wildman–Crippen LogP) is 2.33. The molecule has 2 heterocycles. The molecule has 3 rings (SSSR count). The van der Waals surface area contributed by atoms with Crippen molar-refractivity contribution in [3.63, 3.8) is 0 Å². The van der Waals surface area contributed by atoms with Crippen LogP contribution in [0.1, 0.15) is 18.4 Å². The van der Waals surface area contributed by atoms with Gasteiger partial charge in [-0.1, -0.05) is 17.3 Å². The van der Waals surface area contributed by atoms with Crippen molar-refractivity contribution in [2.24, 2.45) is 0 Å². The summed E-state index contributed by atoms with van der Waals surface area (Å²) in [6, 6.07) is 6.01. The predicted molar refractivity (Wildman–Crippen MR) is 68.7 cm³/mol. The fourth-order valence-electron chi connectivity index (χ4n) is 1.85. The topological polar surface area (TPSA) is 69.6 Å². The van der Waals surface area contributed by atoms with Crippen molar-refractivity contribution < 1.29 is 8.91 Å². The quantitative estimate of drug-likeness (QED) is 0.732. The Kier molecular flexibility index (Phi) is 3.02. The Bertz CT molecular complexity index is 732. The molecule has 0 atom stereocenters. The van der Waals surface area contributed by atoms with E-state index in [0.29, 0.717) is 23.8 Å². The van der Waals surface area contributed by atoms with Crippen molar-refractivity contribution in [3.05, 3.63) is 41.6 Å². The standard InChI is InChI=1S/C13H12FN5O/c1-3-11-15-13(20-17-11)12-8(2)19(18-16-12)10-6-4-9(14)5-7-10/h4-7H,3H2,1-2H3. The van der Waals surface area contributed by atoms with Crippen LogP contribution in [0.15, 0.2) is 28.8 Å². The number of nitrogens with zero attached hydrogens (tertiary/aromatic N) is 5. The zero-order valence-corrected chi connectivity index (χ0v) is 11.0. The number of hydrogen-bond donors (Lipinski definition) is 0. The maximum absolute atomic E-state index is 12.9. The molecule has 0 unspecified atom stereocenters. The van der Waals surface area contributed by atoms with E-state index in [-0.39, 0.29) is 5.82 Å². The fourth-order valence-corrected chi connectivity index (χ4v) is 1.85. The Morgan fingerprint density at radius 2 is 2.00 bits per heavy atom. The largest absolute Gasteiger partial charge is 0.332 e. The Morgan fingerprint density at radius 1 is 1.25 bits per heavy atom. The molecule has 0 aliphatic carbocycles. The summed E-state index contributed by atoms with van der Waals surface area (Å²) in [4.78, 5) is 4.23. The second-order valence-electron chi connectivity index (χ2n) is 4.28. The molecule has 6 nitrogen and oxygen atoms in total. The summed E-state index contributed by atoms with van der Waals surface area (Å²) >= 11 is 0. The van der Waals surface area contributed by atoms with Crippen LogP contribution in [0.2, 0.25) is 0 Å². The van der Waals surface area contributed by atoms with Gasteiger partial charge in [0, 0.05) is 6.42 Å². The van der Waals surface area contributed by atoms with Crippen LogP contribution < -0.4 is 0 Å². The minimum Gasteiger partial charge on any atom is -0.332 e. The molecule has 3 aromatic rings. The van der Waals surface area contributed by atoms with Gasteiger partial charge in [0.15, 0.2) is 11.5 Å². The van der Waals surface area contributed by atoms with E-state index in [4.69, 9.17) is 4.52 Å². The summed E-state index contributed by atoms with van der Waals surface area (Å²) < 4.78 is 19.7. The lowest BCUT2D eigenvalue weighted by Gasteiger charge is -2.02. The van der Waals surface area contributed by atoms with Gasteiger partial charge in [0.05, 0.1) is 11.4 Å². The summed E-state index contributed by atoms with van der Waals surface area (Å²) in [5.74, 6) is 0.666. The second kappa shape index (κ2) is 4.84. The first-order valence-corrected chi connectivity index (χ1v) is 6.20. The average molecular weight is 273 g/mol. The normalized spacial score (nSPS) is 10.9. The molecule has 0 N–H and O–H groups in total. The number of aryl methyl sites for hydroxylation is 1. The third-order valence-corrected chi connectivity index (χ3v) is 2.95. The van der Waals surface area contributed by atoms with Gasteiger partial charge in [-0.05, 0) is 31.2 Å². The molecule has 20 heavy (non-hydrogen) atoms. The van der Waals surface area contributed by atoms with E-state index in [0.717, 1.165) is 11.4 Å². The molecule has 7 heteroatoms. The highest BCUT2D eigenvalue weighted by Crippen LogP contribution is 2.21. The molecule has 2 aromatic heterocycles. The van der Waals surface area contributed by atoms with Crippen LogP contribution in [-0.4, -0.2) is 25.1 Å². The molecular weight excluding hydrogens is 261 g/mol. The minimum absolute atomic E-state index is 0.295. The number of benzene rings is 1. The molecule has 0 radical (unpaired) electrons. The van der Waals surface area contributed by atoms with E-state index in [1.807, 2.05) is 13.8 Å². The van der Waals surface area contributed by atoms with E-state index in [2.05, 4.69) is 20.5 Å². The fraction of sp³-hybridized carbons (Fsp3) is 0.231. The van der Waals surface area contributed by atoms with Crippen LogP contribution in [0.4, 0.5) is 4.39 Å². The Labute approximate surface area is 114 Å². The molecule has 0 spiro atoms. The van der Waals surface area contributed by atoms with Gasteiger partial charge in [-0.25, -0.2) is 9.07 Å². The Hall–Kier alpha value is -2.57. The molecule has 0 saturated heterocycles. The number of rotatable bonds is 3. The monoisotopic (exact) mass is 273 g/mol. The summed E-state index contributed by atoms with van der Waals surface area (Å²) in [7, 11) is 0. The highest BCUT2D eigenvalue weighted by atomic mass is 19.1. The molecule has 102 valence electrons. The summed E-state index contributed by atoms with van der Waals surface area (Å²) in [6.45, 7) is 3.78. The van der Waals surface area contributed by atoms with Crippen molar-refractivity contribution in [3.8, 4) is 17.3 Å². The van der Waals surface area contributed by atoms with Crippen LogP contribution >= 0.6 is 0 Å². The van der Waals surface area contributed by atoms with Crippen molar-refractivity contribution in [1.29, 1.82) is 0 Å². The maximum Gasteiger partial charge on any atom is 0.280 e. The lowest BCUT2D eigenvalue weighted by molar-refractivity contribution is 0.422. The highest BCUT2D eigenvalue weighted by molar-refractivity contribution is 5.51. The summed E-state index contributed by atoms with van der Waals surface area (Å²) in [5, 5.41) is 11.9. The Balaban J connectivity index is 2.02. The molecule has 0 aliphatic heterocycles. The van der Waals surface area contributed by atoms with Gasteiger partial charge in [0.2, 0.25) is 0 Å². The van der Waals surface area contributed by atoms with E-state index in [9.17, 15) is 4.39 Å². The van der Waals surface area contributed by atoms with Crippen LogP contribution in [0.5, 0.6) is 0 Å². The first-order chi connectivity index (χ1) is 9.69. The zero-order valence-electron chi connectivity index (χ0n) is 11.0. The number of aromatic nitrogens is 5. The van der Waals surface area contributed by atoms with Crippen molar-refractivity contribution in [2.75, 3.05) is 0 Å². The van der Waals surface area contributed by atoms with E-state index in [1.54, 1.807) is 16.8 Å². The number of hydrogen-bond acceptors (Lipinski definition) is 5. The lowest BCUT2D eigenvalue weighted by atomic mass is 10.3. The van der Waals surface area contributed by atoms with Crippen molar-refractivity contribution >= 4 is 0 Å². The van der Waals surface area contributed by atoms with E-state index >= 15 is 0 Å². The summed E-state index contributed by atoms with van der Waals surface area (Å²) in [5.41, 5.74) is 2.00. The first-order valence-electron chi connectivity index (χ1n) is 6.20. The Morgan fingerprint density at radius 3 is 2.65 bits per heavy atom. The molecule has 0 fully saturated rings. The summed E-state index contributed by atoms with van der Waals surface area (Å²) in [6.07, 6.45) is 0.689. The zero-order chi connectivity index (χ0) is 14.1. The second-order valence-corrected chi connectivity index (χ2v) is 4.28. The molecule has 1 aromatic carbocycles. The van der Waals surface area contributed by atoms with Crippen LogP contribution in [-0.2, 0) is 6.42 Å². The first kappa shape index (κ1) is 12.5. The average Bonchev–Trinajstić information content (AvgIpc) is 3.06. The number of halogens is 1. The van der Waals surface area contributed by atoms with Gasteiger partial charge in [0.25, 0.3) is 5.89 Å². The van der Waals surface area contributed by atoms with E-state index < -0.39 is 0 Å². The van der Waals surface area contributed by atoms with Gasteiger partial charge in [0.1, 0.15) is 5.82 Å². The van der Waals surface area contributed by atoms with Gasteiger partial charge in [-0.2, -0.15) is 4.98 Å². The molecule has 0 saturated carbocycles.